The zero-order chi connectivity index (χ0) is 15.7. The molecule has 120 valence electrons. The minimum Gasteiger partial charge on any atom is -0.314 e. The van der Waals surface area contributed by atoms with Gasteiger partial charge >= 0.3 is 0 Å². The van der Waals surface area contributed by atoms with Gasteiger partial charge in [-0.1, -0.05) is 45.4 Å². The first kappa shape index (κ1) is 18.1. The van der Waals surface area contributed by atoms with E-state index in [1.54, 1.807) is 12.1 Å². The van der Waals surface area contributed by atoms with Gasteiger partial charge in [0.1, 0.15) is 0 Å². The average Bonchev–Trinajstić information content (AvgIpc) is 2.46. The van der Waals surface area contributed by atoms with Crippen molar-refractivity contribution in [2.75, 3.05) is 13.1 Å². The van der Waals surface area contributed by atoms with Crippen molar-refractivity contribution in [2.45, 2.75) is 57.4 Å². The summed E-state index contributed by atoms with van der Waals surface area (Å²) in [4.78, 5) is 0.414. The van der Waals surface area contributed by atoms with E-state index in [-0.39, 0.29) is 0 Å². The summed E-state index contributed by atoms with van der Waals surface area (Å²) in [6.07, 6.45) is 3.66. The molecule has 1 aromatic carbocycles. The highest BCUT2D eigenvalue weighted by Crippen LogP contribution is 2.18. The number of nitrogens with one attached hydrogen (secondary N) is 2. The summed E-state index contributed by atoms with van der Waals surface area (Å²) in [5.41, 5.74) is 0.889. The van der Waals surface area contributed by atoms with Gasteiger partial charge in [0.2, 0.25) is 10.0 Å². The van der Waals surface area contributed by atoms with Crippen LogP contribution in [-0.4, -0.2) is 27.5 Å². The molecule has 0 bridgehead atoms. The minimum absolute atomic E-state index is 0.322. The van der Waals surface area contributed by atoms with E-state index in [0.717, 1.165) is 37.8 Å². The van der Waals surface area contributed by atoms with Crippen LogP contribution in [0.4, 0.5) is 0 Å². The van der Waals surface area contributed by atoms with Crippen molar-refractivity contribution >= 4 is 10.0 Å². The molecule has 0 fully saturated rings. The van der Waals surface area contributed by atoms with Crippen LogP contribution in [0.3, 0.4) is 0 Å². The lowest BCUT2D eigenvalue weighted by Gasteiger charge is -2.19. The fraction of sp³-hybridized carbons (Fsp3) is 0.625. The Balaban J connectivity index is 2.97. The molecule has 1 rings (SSSR count). The van der Waals surface area contributed by atoms with Crippen LogP contribution in [0.15, 0.2) is 29.2 Å². The normalized spacial score (nSPS) is 13.3. The third kappa shape index (κ3) is 5.77. The maximum Gasteiger partial charge on any atom is 0.240 e. The second kappa shape index (κ2) is 9.18. The molecule has 2 N–H and O–H groups in total. The maximum absolute atomic E-state index is 12.4. The molecule has 0 amide bonds. The fourth-order valence-electron chi connectivity index (χ4n) is 2.43. The van der Waals surface area contributed by atoms with E-state index in [0.29, 0.717) is 17.5 Å². The highest BCUT2D eigenvalue weighted by atomic mass is 32.2. The van der Waals surface area contributed by atoms with Crippen LogP contribution in [0.1, 0.15) is 45.6 Å². The summed E-state index contributed by atoms with van der Waals surface area (Å²) < 4.78 is 27.4. The van der Waals surface area contributed by atoms with Crippen molar-refractivity contribution < 1.29 is 8.42 Å². The Bertz CT molecular complexity index is 509. The zero-order valence-electron chi connectivity index (χ0n) is 13.4. The lowest BCUT2D eigenvalue weighted by molar-refractivity contribution is 0.482. The number of likely N-dealkylation sites (N-methyl/N-ethyl adjacent to an activating group) is 1. The molecule has 0 saturated heterocycles. The predicted molar refractivity (Wildman–Crippen MR) is 88.0 cm³/mol. The van der Waals surface area contributed by atoms with Crippen molar-refractivity contribution in [3.63, 3.8) is 0 Å². The Kier molecular flexibility index (Phi) is 7.93. The molecule has 5 heteroatoms. The number of hydrogen-bond donors (Lipinski definition) is 2. The lowest BCUT2D eigenvalue weighted by Crippen LogP contribution is -2.32. The van der Waals surface area contributed by atoms with Gasteiger partial charge < -0.3 is 5.32 Å². The molecule has 4 nitrogen and oxygen atoms in total. The molecule has 0 radical (unpaired) electrons. The fourth-order valence-corrected chi connectivity index (χ4v) is 3.81. The monoisotopic (exact) mass is 312 g/mol. The average molecular weight is 312 g/mol. The van der Waals surface area contributed by atoms with Crippen molar-refractivity contribution in [3.8, 4) is 0 Å². The van der Waals surface area contributed by atoms with Crippen LogP contribution in [-0.2, 0) is 16.4 Å². The molecule has 0 aliphatic heterocycles. The summed E-state index contributed by atoms with van der Waals surface area (Å²) in [5, 5.41) is 3.44. The number of hydrogen-bond acceptors (Lipinski definition) is 3. The van der Waals surface area contributed by atoms with Crippen LogP contribution in [0.25, 0.3) is 0 Å². The second-order valence-electron chi connectivity index (χ2n) is 5.25. The quantitative estimate of drug-likeness (QED) is 0.698. The van der Waals surface area contributed by atoms with Gasteiger partial charge in [-0.25, -0.2) is 13.1 Å². The van der Waals surface area contributed by atoms with Gasteiger partial charge in [-0.2, -0.15) is 0 Å². The molecule has 1 atom stereocenters. The second-order valence-corrected chi connectivity index (χ2v) is 6.99. The minimum atomic E-state index is -3.41. The van der Waals surface area contributed by atoms with E-state index >= 15 is 0 Å². The van der Waals surface area contributed by atoms with E-state index in [9.17, 15) is 8.42 Å². The van der Waals surface area contributed by atoms with Crippen molar-refractivity contribution in [2.24, 2.45) is 0 Å². The topological polar surface area (TPSA) is 58.2 Å². The Morgan fingerprint density at radius 2 is 1.81 bits per heavy atom. The first-order chi connectivity index (χ1) is 10.0. The Labute approximate surface area is 129 Å². The number of rotatable bonds is 10. The SMILES string of the molecule is CCCNS(=O)(=O)c1ccccc1CC(CCC)NCC. The third-order valence-electron chi connectivity index (χ3n) is 3.40. The standard InChI is InChI=1S/C16H28N2O2S/c1-4-9-15(17-6-3)13-14-10-7-8-11-16(14)21(19,20)18-12-5-2/h7-8,10-11,15,17-18H,4-6,9,12-13H2,1-3H3. The first-order valence-electron chi connectivity index (χ1n) is 7.86. The first-order valence-corrected chi connectivity index (χ1v) is 9.34. The van der Waals surface area contributed by atoms with E-state index in [4.69, 9.17) is 0 Å². The molecule has 1 aromatic rings. The van der Waals surface area contributed by atoms with E-state index < -0.39 is 10.0 Å². The van der Waals surface area contributed by atoms with E-state index in [1.165, 1.54) is 0 Å². The Morgan fingerprint density at radius 1 is 1.10 bits per heavy atom. The van der Waals surface area contributed by atoms with Crippen molar-refractivity contribution in [1.82, 2.24) is 10.0 Å². The maximum atomic E-state index is 12.4. The molecular weight excluding hydrogens is 284 g/mol. The molecule has 0 aliphatic rings. The largest absolute Gasteiger partial charge is 0.314 e. The predicted octanol–water partition coefficient (Wildman–Crippen LogP) is 2.70. The molecular formula is C16H28N2O2S. The molecule has 1 unspecified atom stereocenters. The molecule has 0 saturated carbocycles. The highest BCUT2D eigenvalue weighted by molar-refractivity contribution is 7.89. The van der Waals surface area contributed by atoms with Gasteiger partial charge in [-0.15, -0.1) is 0 Å². The van der Waals surface area contributed by atoms with Gasteiger partial charge in [-0.05, 0) is 37.4 Å². The molecule has 0 aliphatic carbocycles. The Hall–Kier alpha value is -0.910. The molecule has 0 aromatic heterocycles. The van der Waals surface area contributed by atoms with Crippen LogP contribution >= 0.6 is 0 Å². The molecule has 0 heterocycles. The van der Waals surface area contributed by atoms with Crippen LogP contribution in [0, 0.1) is 0 Å². The summed E-state index contributed by atoms with van der Waals surface area (Å²) >= 11 is 0. The van der Waals surface area contributed by atoms with E-state index in [1.807, 2.05) is 19.1 Å². The van der Waals surface area contributed by atoms with Gasteiger partial charge in [0.25, 0.3) is 0 Å². The zero-order valence-corrected chi connectivity index (χ0v) is 14.2. The van der Waals surface area contributed by atoms with Crippen LogP contribution < -0.4 is 10.0 Å². The summed E-state index contributed by atoms with van der Waals surface area (Å²) in [6.45, 7) is 7.55. The van der Waals surface area contributed by atoms with Gasteiger partial charge in [0.05, 0.1) is 4.90 Å². The number of sulfonamides is 1. The van der Waals surface area contributed by atoms with Gasteiger partial charge in [0, 0.05) is 12.6 Å². The molecule has 0 spiro atoms. The Morgan fingerprint density at radius 3 is 2.43 bits per heavy atom. The van der Waals surface area contributed by atoms with E-state index in [2.05, 4.69) is 23.9 Å². The summed E-state index contributed by atoms with van der Waals surface area (Å²) in [7, 11) is -3.41. The third-order valence-corrected chi connectivity index (χ3v) is 4.96. The van der Waals surface area contributed by atoms with Crippen molar-refractivity contribution in [3.05, 3.63) is 29.8 Å². The summed E-state index contributed by atoms with van der Waals surface area (Å²) in [5.74, 6) is 0. The van der Waals surface area contributed by atoms with Gasteiger partial charge in [0.15, 0.2) is 0 Å². The smallest absolute Gasteiger partial charge is 0.240 e. The lowest BCUT2D eigenvalue weighted by atomic mass is 10.0. The van der Waals surface area contributed by atoms with Crippen molar-refractivity contribution in [1.29, 1.82) is 0 Å². The summed E-state index contributed by atoms with van der Waals surface area (Å²) in [6, 6.07) is 7.63. The van der Waals surface area contributed by atoms with Crippen LogP contribution in [0.2, 0.25) is 0 Å². The molecule has 21 heavy (non-hydrogen) atoms. The van der Waals surface area contributed by atoms with Crippen LogP contribution in [0.5, 0.6) is 0 Å². The van der Waals surface area contributed by atoms with Gasteiger partial charge in [-0.3, -0.25) is 0 Å². The highest BCUT2D eigenvalue weighted by Gasteiger charge is 2.19. The number of benzene rings is 1.